The van der Waals surface area contributed by atoms with E-state index in [4.69, 9.17) is 5.73 Å². The first kappa shape index (κ1) is 16.2. The number of urea groups is 1. The van der Waals surface area contributed by atoms with Crippen molar-refractivity contribution in [2.75, 3.05) is 5.32 Å². The van der Waals surface area contributed by atoms with Gasteiger partial charge in [0.25, 0.3) is 0 Å². The molecule has 2 rings (SSSR count). The van der Waals surface area contributed by atoms with Gasteiger partial charge in [0.1, 0.15) is 0 Å². The molecule has 0 radical (unpaired) electrons. The van der Waals surface area contributed by atoms with E-state index < -0.39 is 17.2 Å². The molecule has 0 aliphatic carbocycles. The van der Waals surface area contributed by atoms with E-state index in [2.05, 4.69) is 15.5 Å². The molecule has 0 saturated carbocycles. The molecule has 1 unspecified atom stereocenters. The van der Waals surface area contributed by atoms with Crippen LogP contribution in [0.3, 0.4) is 0 Å². The fraction of sp³-hybridized carbons (Fsp3) is 0.231. The third-order valence-corrected chi connectivity index (χ3v) is 4.71. The molecule has 116 valence electrons. The standard InChI is InChI=1S/C13H15N5O2S2/c1-7-5-3-4-6-9(7)15-12-17-18-13(22-12)21-8(2)10(19)16-11(14)20/h3-6,8H,1-2H3,(H,15,17)(H3,14,16,19,20). The zero-order valence-corrected chi connectivity index (χ0v) is 13.6. The summed E-state index contributed by atoms with van der Waals surface area (Å²) in [4.78, 5) is 22.3. The highest BCUT2D eigenvalue weighted by Gasteiger charge is 2.18. The van der Waals surface area contributed by atoms with Crippen molar-refractivity contribution in [3.05, 3.63) is 29.8 Å². The number of para-hydroxylation sites is 1. The molecule has 1 aromatic carbocycles. The maximum atomic E-state index is 11.6. The predicted octanol–water partition coefficient (Wildman–Crippen LogP) is 2.27. The lowest BCUT2D eigenvalue weighted by molar-refractivity contribution is -0.119. The van der Waals surface area contributed by atoms with Gasteiger partial charge in [0.2, 0.25) is 11.0 Å². The summed E-state index contributed by atoms with van der Waals surface area (Å²) in [6, 6.07) is 6.97. The van der Waals surface area contributed by atoms with E-state index in [9.17, 15) is 9.59 Å². The molecule has 0 aliphatic heterocycles. The van der Waals surface area contributed by atoms with E-state index in [1.165, 1.54) is 23.1 Å². The van der Waals surface area contributed by atoms with Crippen LogP contribution >= 0.6 is 23.1 Å². The monoisotopic (exact) mass is 337 g/mol. The highest BCUT2D eigenvalue weighted by molar-refractivity contribution is 8.02. The van der Waals surface area contributed by atoms with Crippen molar-refractivity contribution in [1.29, 1.82) is 0 Å². The van der Waals surface area contributed by atoms with Gasteiger partial charge in [-0.05, 0) is 25.5 Å². The van der Waals surface area contributed by atoms with Crippen molar-refractivity contribution in [2.24, 2.45) is 5.73 Å². The number of hydrogen-bond acceptors (Lipinski definition) is 7. The smallest absolute Gasteiger partial charge is 0.318 e. The molecule has 1 heterocycles. The minimum Gasteiger partial charge on any atom is -0.351 e. The van der Waals surface area contributed by atoms with Crippen LogP contribution in [-0.2, 0) is 4.79 Å². The number of imide groups is 1. The maximum Gasteiger partial charge on any atom is 0.318 e. The normalized spacial score (nSPS) is 11.7. The number of amides is 3. The summed E-state index contributed by atoms with van der Waals surface area (Å²) in [5, 5.41) is 13.4. The number of anilines is 2. The number of primary amides is 1. The number of hydrogen-bond donors (Lipinski definition) is 3. The number of rotatable bonds is 5. The average Bonchev–Trinajstić information content (AvgIpc) is 2.88. The number of carbonyl (C=O) groups is 2. The largest absolute Gasteiger partial charge is 0.351 e. The van der Waals surface area contributed by atoms with Gasteiger partial charge in [-0.25, -0.2) is 4.79 Å². The van der Waals surface area contributed by atoms with E-state index in [1.807, 2.05) is 36.5 Å². The molecule has 4 N–H and O–H groups in total. The SMILES string of the molecule is Cc1ccccc1Nc1nnc(SC(C)C(=O)NC(N)=O)s1. The van der Waals surface area contributed by atoms with Gasteiger partial charge in [-0.2, -0.15) is 0 Å². The number of carbonyl (C=O) groups excluding carboxylic acids is 2. The quantitative estimate of drug-likeness (QED) is 0.722. The van der Waals surface area contributed by atoms with Crippen molar-refractivity contribution in [3.63, 3.8) is 0 Å². The first-order valence-corrected chi connectivity index (χ1v) is 8.08. The molecule has 0 spiro atoms. The fourth-order valence-electron chi connectivity index (χ4n) is 1.56. The van der Waals surface area contributed by atoms with Crippen LogP contribution in [0.5, 0.6) is 0 Å². The van der Waals surface area contributed by atoms with Crippen molar-refractivity contribution >= 4 is 45.9 Å². The second-order valence-corrected chi connectivity index (χ2v) is 6.99. The van der Waals surface area contributed by atoms with Crippen molar-refractivity contribution in [3.8, 4) is 0 Å². The number of aromatic nitrogens is 2. The van der Waals surface area contributed by atoms with E-state index in [0.29, 0.717) is 9.47 Å². The Hall–Kier alpha value is -2.13. The number of nitrogens with two attached hydrogens (primary N) is 1. The number of thioether (sulfide) groups is 1. The topological polar surface area (TPSA) is 110 Å². The van der Waals surface area contributed by atoms with Crippen molar-refractivity contribution in [2.45, 2.75) is 23.4 Å². The van der Waals surface area contributed by atoms with Crippen LogP contribution in [0.15, 0.2) is 28.6 Å². The molecule has 1 aromatic heterocycles. The lowest BCUT2D eigenvalue weighted by atomic mass is 10.2. The van der Waals surface area contributed by atoms with Gasteiger partial charge in [0.15, 0.2) is 4.34 Å². The first-order valence-electron chi connectivity index (χ1n) is 6.39. The van der Waals surface area contributed by atoms with Crippen LogP contribution in [-0.4, -0.2) is 27.4 Å². The van der Waals surface area contributed by atoms with Crippen molar-refractivity contribution < 1.29 is 9.59 Å². The van der Waals surface area contributed by atoms with Gasteiger partial charge in [-0.1, -0.05) is 41.3 Å². The fourth-order valence-corrected chi connectivity index (χ4v) is 3.47. The Balaban J connectivity index is 1.98. The lowest BCUT2D eigenvalue weighted by Crippen LogP contribution is -2.39. The zero-order valence-electron chi connectivity index (χ0n) is 12.0. The highest BCUT2D eigenvalue weighted by atomic mass is 32.2. The Kier molecular flexibility index (Phi) is 5.34. The molecule has 0 bridgehead atoms. The molecular formula is C13H15N5O2S2. The van der Waals surface area contributed by atoms with Crippen LogP contribution in [0.1, 0.15) is 12.5 Å². The van der Waals surface area contributed by atoms with Crippen LogP contribution in [0.4, 0.5) is 15.6 Å². The zero-order chi connectivity index (χ0) is 16.1. The van der Waals surface area contributed by atoms with E-state index >= 15 is 0 Å². The van der Waals surface area contributed by atoms with Gasteiger partial charge in [-0.3, -0.25) is 10.1 Å². The molecule has 22 heavy (non-hydrogen) atoms. The lowest BCUT2D eigenvalue weighted by Gasteiger charge is -2.07. The second-order valence-electron chi connectivity index (χ2n) is 4.43. The Morgan fingerprint density at radius 2 is 2.05 bits per heavy atom. The second kappa shape index (κ2) is 7.23. The molecule has 9 heteroatoms. The molecule has 3 amide bonds. The summed E-state index contributed by atoms with van der Waals surface area (Å²) in [7, 11) is 0. The molecule has 7 nitrogen and oxygen atoms in total. The summed E-state index contributed by atoms with van der Waals surface area (Å²) in [5.74, 6) is -0.457. The molecule has 0 saturated heterocycles. The van der Waals surface area contributed by atoms with Gasteiger partial charge < -0.3 is 11.1 Å². The maximum absolute atomic E-state index is 11.6. The van der Waals surface area contributed by atoms with Gasteiger partial charge in [0.05, 0.1) is 5.25 Å². The van der Waals surface area contributed by atoms with Crippen LogP contribution in [0, 0.1) is 6.92 Å². The van der Waals surface area contributed by atoms with Crippen LogP contribution in [0.25, 0.3) is 0 Å². The molecular weight excluding hydrogens is 322 g/mol. The van der Waals surface area contributed by atoms with E-state index in [0.717, 1.165) is 11.3 Å². The first-order chi connectivity index (χ1) is 10.5. The van der Waals surface area contributed by atoms with Gasteiger partial charge in [-0.15, -0.1) is 10.2 Å². The summed E-state index contributed by atoms with van der Waals surface area (Å²) in [6.07, 6.45) is 0. The summed E-state index contributed by atoms with van der Waals surface area (Å²) in [5.41, 5.74) is 6.96. The molecule has 1 atom stereocenters. The summed E-state index contributed by atoms with van der Waals surface area (Å²) in [6.45, 7) is 3.66. The molecule has 0 aliphatic rings. The van der Waals surface area contributed by atoms with Gasteiger partial charge >= 0.3 is 6.03 Å². The Morgan fingerprint density at radius 3 is 2.73 bits per heavy atom. The minimum atomic E-state index is -0.864. The summed E-state index contributed by atoms with van der Waals surface area (Å²) >= 11 is 2.55. The Labute approximate surface area is 135 Å². The number of nitrogens with zero attached hydrogens (tertiary/aromatic N) is 2. The Morgan fingerprint density at radius 1 is 1.32 bits per heavy atom. The van der Waals surface area contributed by atoms with Crippen LogP contribution in [0.2, 0.25) is 0 Å². The van der Waals surface area contributed by atoms with Crippen molar-refractivity contribution in [1.82, 2.24) is 15.5 Å². The third-order valence-electron chi connectivity index (χ3n) is 2.69. The number of aryl methyl sites for hydroxylation is 1. The van der Waals surface area contributed by atoms with E-state index in [1.54, 1.807) is 6.92 Å². The third kappa shape index (κ3) is 4.43. The molecule has 0 fully saturated rings. The van der Waals surface area contributed by atoms with Crippen LogP contribution < -0.4 is 16.4 Å². The van der Waals surface area contributed by atoms with E-state index in [-0.39, 0.29) is 0 Å². The average molecular weight is 337 g/mol. The van der Waals surface area contributed by atoms with Gasteiger partial charge in [0, 0.05) is 5.69 Å². The highest BCUT2D eigenvalue weighted by Crippen LogP contribution is 2.30. The molecule has 2 aromatic rings. The number of nitrogens with one attached hydrogen (secondary N) is 2. The number of benzene rings is 1. The minimum absolute atomic E-state index is 0.457. The predicted molar refractivity (Wildman–Crippen MR) is 87.4 cm³/mol. The Bertz CT molecular complexity index is 689. The summed E-state index contributed by atoms with van der Waals surface area (Å²) < 4.78 is 0.628.